The van der Waals surface area contributed by atoms with E-state index in [0.717, 1.165) is 22.6 Å². The normalized spacial score (nSPS) is 14.1. The minimum Gasteiger partial charge on any atom is -0.493 e. The van der Waals surface area contributed by atoms with E-state index in [1.807, 2.05) is 49.1 Å². The van der Waals surface area contributed by atoms with Gasteiger partial charge in [0.05, 0.1) is 19.8 Å². The van der Waals surface area contributed by atoms with Crippen molar-refractivity contribution in [2.45, 2.75) is 20.5 Å². The van der Waals surface area contributed by atoms with Crippen LogP contribution >= 0.6 is 11.6 Å². The number of benzene rings is 2. The molecule has 144 valence electrons. The molecule has 0 aliphatic carbocycles. The first-order chi connectivity index (χ1) is 13.1. The molecule has 1 saturated heterocycles. The Hall–Kier alpha value is -2.24. The summed E-state index contributed by atoms with van der Waals surface area (Å²) in [5.41, 5.74) is 2.42. The van der Waals surface area contributed by atoms with Crippen LogP contribution in [0.5, 0.6) is 11.5 Å². The number of amides is 1. The van der Waals surface area contributed by atoms with Gasteiger partial charge in [0.1, 0.15) is 18.1 Å². The zero-order valence-corrected chi connectivity index (χ0v) is 16.4. The second-order valence-electron chi connectivity index (χ2n) is 6.36. The number of morpholine rings is 1. The van der Waals surface area contributed by atoms with Crippen molar-refractivity contribution in [2.75, 3.05) is 32.9 Å². The highest BCUT2D eigenvalue weighted by Crippen LogP contribution is 2.26. The molecule has 0 radical (unpaired) electrons. The molecule has 1 fully saturated rings. The van der Waals surface area contributed by atoms with Crippen LogP contribution in [0.2, 0.25) is 5.02 Å². The molecular weight excluding hydrogens is 366 g/mol. The van der Waals surface area contributed by atoms with Crippen molar-refractivity contribution < 1.29 is 19.0 Å². The summed E-state index contributed by atoms with van der Waals surface area (Å²) in [4.78, 5) is 14.6. The third kappa shape index (κ3) is 4.93. The number of nitrogens with zero attached hydrogens (tertiary/aromatic N) is 1. The van der Waals surface area contributed by atoms with Gasteiger partial charge in [0.25, 0.3) is 5.91 Å². The average molecular weight is 390 g/mol. The van der Waals surface area contributed by atoms with E-state index in [0.29, 0.717) is 50.1 Å². The fourth-order valence-electron chi connectivity index (χ4n) is 2.94. The Morgan fingerprint density at radius 2 is 1.93 bits per heavy atom. The quantitative estimate of drug-likeness (QED) is 0.746. The predicted octanol–water partition coefficient (Wildman–Crippen LogP) is 4.10. The second-order valence-corrected chi connectivity index (χ2v) is 6.77. The fraction of sp³-hybridized carbons (Fsp3) is 0.381. The SMILES string of the molecule is CCOc1ccc(C(=O)N2CCOCC2)cc1COc1ccc(Cl)c(C)c1. The van der Waals surface area contributed by atoms with Crippen molar-refractivity contribution in [3.05, 3.63) is 58.1 Å². The maximum Gasteiger partial charge on any atom is 0.254 e. The Morgan fingerprint density at radius 1 is 1.15 bits per heavy atom. The van der Waals surface area contributed by atoms with Gasteiger partial charge in [-0.3, -0.25) is 4.79 Å². The van der Waals surface area contributed by atoms with Crippen LogP contribution in [-0.2, 0) is 11.3 Å². The molecule has 0 aromatic heterocycles. The van der Waals surface area contributed by atoms with Crippen LogP contribution in [0.15, 0.2) is 36.4 Å². The van der Waals surface area contributed by atoms with Gasteiger partial charge < -0.3 is 19.1 Å². The zero-order chi connectivity index (χ0) is 19.2. The van der Waals surface area contributed by atoms with Gasteiger partial charge in [-0.1, -0.05) is 11.6 Å². The standard InChI is InChI=1S/C21H24ClNO4/c1-3-26-20-7-4-16(21(24)23-8-10-25-11-9-23)13-17(20)14-27-18-5-6-19(22)15(2)12-18/h4-7,12-13H,3,8-11,14H2,1-2H3. The number of carbonyl (C=O) groups excluding carboxylic acids is 1. The maximum atomic E-state index is 12.8. The van der Waals surface area contributed by atoms with E-state index in [1.165, 1.54) is 0 Å². The van der Waals surface area contributed by atoms with Crippen LogP contribution in [0.4, 0.5) is 0 Å². The molecule has 2 aromatic rings. The smallest absolute Gasteiger partial charge is 0.254 e. The van der Waals surface area contributed by atoms with Crippen molar-refractivity contribution in [3.63, 3.8) is 0 Å². The van der Waals surface area contributed by atoms with Crippen molar-refractivity contribution in [2.24, 2.45) is 0 Å². The molecule has 6 heteroatoms. The van der Waals surface area contributed by atoms with Crippen LogP contribution in [-0.4, -0.2) is 43.7 Å². The summed E-state index contributed by atoms with van der Waals surface area (Å²) in [5, 5.41) is 0.704. The first-order valence-electron chi connectivity index (χ1n) is 9.10. The van der Waals surface area contributed by atoms with Crippen molar-refractivity contribution in [3.8, 4) is 11.5 Å². The second kappa shape index (κ2) is 9.11. The van der Waals surface area contributed by atoms with E-state index in [1.54, 1.807) is 6.07 Å². The van der Waals surface area contributed by atoms with E-state index < -0.39 is 0 Å². The topological polar surface area (TPSA) is 48.0 Å². The number of ether oxygens (including phenoxy) is 3. The molecule has 0 unspecified atom stereocenters. The minimum atomic E-state index is 0.00457. The van der Waals surface area contributed by atoms with Gasteiger partial charge in [-0.05, 0) is 55.8 Å². The number of rotatable bonds is 6. The van der Waals surface area contributed by atoms with Crippen molar-refractivity contribution >= 4 is 17.5 Å². The summed E-state index contributed by atoms with van der Waals surface area (Å²) in [6.45, 7) is 7.10. The van der Waals surface area contributed by atoms with Crippen LogP contribution in [0.3, 0.4) is 0 Å². The average Bonchev–Trinajstić information content (AvgIpc) is 2.70. The summed E-state index contributed by atoms with van der Waals surface area (Å²) < 4.78 is 16.9. The molecule has 5 nitrogen and oxygen atoms in total. The lowest BCUT2D eigenvalue weighted by Crippen LogP contribution is -2.40. The van der Waals surface area contributed by atoms with Crippen LogP contribution in [0.25, 0.3) is 0 Å². The van der Waals surface area contributed by atoms with Gasteiger partial charge in [0, 0.05) is 29.2 Å². The lowest BCUT2D eigenvalue weighted by Gasteiger charge is -2.27. The van der Waals surface area contributed by atoms with Gasteiger partial charge in [-0.15, -0.1) is 0 Å². The summed E-state index contributed by atoms with van der Waals surface area (Å²) in [7, 11) is 0. The Balaban J connectivity index is 1.78. The molecule has 2 aromatic carbocycles. The highest BCUT2D eigenvalue weighted by Gasteiger charge is 2.20. The molecule has 1 aliphatic rings. The Kier molecular flexibility index (Phi) is 6.58. The number of hydrogen-bond acceptors (Lipinski definition) is 4. The van der Waals surface area contributed by atoms with E-state index in [4.69, 9.17) is 25.8 Å². The van der Waals surface area contributed by atoms with E-state index in [-0.39, 0.29) is 5.91 Å². The lowest BCUT2D eigenvalue weighted by molar-refractivity contribution is 0.0302. The molecule has 0 atom stereocenters. The summed E-state index contributed by atoms with van der Waals surface area (Å²) in [5.74, 6) is 1.45. The van der Waals surface area contributed by atoms with Gasteiger partial charge in [-0.25, -0.2) is 0 Å². The highest BCUT2D eigenvalue weighted by atomic mass is 35.5. The Bertz CT molecular complexity index is 803. The van der Waals surface area contributed by atoms with Crippen LogP contribution < -0.4 is 9.47 Å². The third-order valence-electron chi connectivity index (χ3n) is 4.43. The molecule has 0 saturated carbocycles. The molecule has 3 rings (SSSR count). The minimum absolute atomic E-state index is 0.00457. The lowest BCUT2D eigenvalue weighted by atomic mass is 10.1. The fourth-order valence-corrected chi connectivity index (χ4v) is 3.06. The molecule has 27 heavy (non-hydrogen) atoms. The highest BCUT2D eigenvalue weighted by molar-refractivity contribution is 6.31. The van der Waals surface area contributed by atoms with Gasteiger partial charge in [-0.2, -0.15) is 0 Å². The molecular formula is C21H24ClNO4. The summed E-state index contributed by atoms with van der Waals surface area (Å²) in [6, 6.07) is 11.0. The molecule has 1 aliphatic heterocycles. The monoisotopic (exact) mass is 389 g/mol. The molecule has 0 bridgehead atoms. The predicted molar refractivity (Wildman–Crippen MR) is 105 cm³/mol. The Labute approximate surface area is 164 Å². The van der Waals surface area contributed by atoms with Crippen LogP contribution in [0, 0.1) is 6.92 Å². The van der Waals surface area contributed by atoms with E-state index in [2.05, 4.69) is 0 Å². The van der Waals surface area contributed by atoms with Gasteiger partial charge in [0.15, 0.2) is 0 Å². The van der Waals surface area contributed by atoms with Gasteiger partial charge in [0.2, 0.25) is 0 Å². The molecule has 0 spiro atoms. The molecule has 1 heterocycles. The number of halogens is 1. The maximum absolute atomic E-state index is 12.8. The van der Waals surface area contributed by atoms with Gasteiger partial charge >= 0.3 is 0 Å². The summed E-state index contributed by atoms with van der Waals surface area (Å²) >= 11 is 6.07. The number of carbonyl (C=O) groups is 1. The summed E-state index contributed by atoms with van der Waals surface area (Å²) in [6.07, 6.45) is 0. The van der Waals surface area contributed by atoms with E-state index in [9.17, 15) is 4.79 Å². The van der Waals surface area contributed by atoms with Crippen LogP contribution in [0.1, 0.15) is 28.4 Å². The molecule has 1 amide bonds. The van der Waals surface area contributed by atoms with Crippen molar-refractivity contribution in [1.29, 1.82) is 0 Å². The largest absolute Gasteiger partial charge is 0.493 e. The first kappa shape index (κ1) is 19.5. The number of aryl methyl sites for hydroxylation is 1. The first-order valence-corrected chi connectivity index (χ1v) is 9.48. The third-order valence-corrected chi connectivity index (χ3v) is 4.85. The molecule has 0 N–H and O–H groups in total. The number of hydrogen-bond donors (Lipinski definition) is 0. The zero-order valence-electron chi connectivity index (χ0n) is 15.7. The van der Waals surface area contributed by atoms with E-state index >= 15 is 0 Å². The Morgan fingerprint density at radius 3 is 2.63 bits per heavy atom. The van der Waals surface area contributed by atoms with Crippen molar-refractivity contribution in [1.82, 2.24) is 4.90 Å².